The minimum Gasteiger partial charge on any atom is -0.465 e. The highest BCUT2D eigenvalue weighted by Gasteiger charge is 2.34. The van der Waals surface area contributed by atoms with Gasteiger partial charge < -0.3 is 9.47 Å². The van der Waals surface area contributed by atoms with Gasteiger partial charge in [-0.25, -0.2) is 0 Å². The van der Waals surface area contributed by atoms with Crippen molar-refractivity contribution in [2.75, 3.05) is 7.11 Å². The fourth-order valence-corrected chi connectivity index (χ4v) is 5.12. The fraction of sp³-hybridized carbons (Fsp3) is 0.786. The summed E-state index contributed by atoms with van der Waals surface area (Å²) in [5.74, 6) is 2.21. The van der Waals surface area contributed by atoms with Gasteiger partial charge in [0.2, 0.25) is 0 Å². The highest BCUT2D eigenvalue weighted by atomic mass is 16.7. The summed E-state index contributed by atoms with van der Waals surface area (Å²) in [4.78, 5) is 0. The Labute approximate surface area is 187 Å². The zero-order valence-corrected chi connectivity index (χ0v) is 21.3. The third kappa shape index (κ3) is 7.59. The third-order valence-corrected chi connectivity index (χ3v) is 7.08. The maximum absolute atomic E-state index is 6.29. The van der Waals surface area contributed by atoms with Crippen molar-refractivity contribution in [3.8, 4) is 5.75 Å². The Balaban J connectivity index is 2.07. The van der Waals surface area contributed by atoms with Gasteiger partial charge in [-0.05, 0) is 65.0 Å². The van der Waals surface area contributed by atoms with Crippen LogP contribution >= 0.6 is 0 Å². The Morgan fingerprint density at radius 2 is 1.40 bits per heavy atom. The molecule has 30 heavy (non-hydrogen) atoms. The van der Waals surface area contributed by atoms with E-state index in [9.17, 15) is 0 Å². The molecule has 1 aromatic rings. The van der Waals surface area contributed by atoms with Crippen molar-refractivity contribution in [3.63, 3.8) is 0 Å². The van der Waals surface area contributed by atoms with Gasteiger partial charge in [0.25, 0.3) is 0 Å². The molecule has 0 spiro atoms. The van der Waals surface area contributed by atoms with Crippen LogP contribution in [-0.2, 0) is 4.74 Å². The summed E-state index contributed by atoms with van der Waals surface area (Å²) < 4.78 is 12.0. The third-order valence-electron chi connectivity index (χ3n) is 7.08. The van der Waals surface area contributed by atoms with E-state index >= 15 is 0 Å². The molecular weight excluding hydrogens is 368 g/mol. The first-order valence-electron chi connectivity index (χ1n) is 12.1. The average molecular weight is 417 g/mol. The first-order chi connectivity index (χ1) is 13.8. The zero-order valence-electron chi connectivity index (χ0n) is 21.3. The minimum atomic E-state index is -0.194. The van der Waals surface area contributed by atoms with E-state index in [0.29, 0.717) is 11.3 Å². The lowest BCUT2D eigenvalue weighted by molar-refractivity contribution is -0.0883. The van der Waals surface area contributed by atoms with Gasteiger partial charge in [-0.1, -0.05) is 86.8 Å². The first kappa shape index (κ1) is 25.2. The monoisotopic (exact) mass is 416 g/mol. The van der Waals surface area contributed by atoms with E-state index in [2.05, 4.69) is 79.7 Å². The molecule has 0 aromatic heterocycles. The van der Waals surface area contributed by atoms with Crippen molar-refractivity contribution in [2.24, 2.45) is 22.2 Å². The highest BCUT2D eigenvalue weighted by Crippen LogP contribution is 2.44. The number of benzene rings is 1. The summed E-state index contributed by atoms with van der Waals surface area (Å²) in [5.41, 5.74) is 2.18. The van der Waals surface area contributed by atoms with Crippen molar-refractivity contribution < 1.29 is 9.47 Å². The summed E-state index contributed by atoms with van der Waals surface area (Å²) in [7, 11) is 1.77. The summed E-state index contributed by atoms with van der Waals surface area (Å²) in [6.45, 7) is 18.8. The van der Waals surface area contributed by atoms with Crippen LogP contribution in [0.4, 0.5) is 0 Å². The Hall–Kier alpha value is -1.02. The van der Waals surface area contributed by atoms with E-state index in [1.165, 1.54) is 44.1 Å². The molecule has 0 saturated heterocycles. The summed E-state index contributed by atoms with van der Waals surface area (Å²) in [5, 5.41) is 0. The molecule has 1 aliphatic carbocycles. The Morgan fingerprint density at radius 3 is 1.87 bits per heavy atom. The van der Waals surface area contributed by atoms with E-state index in [-0.39, 0.29) is 17.1 Å². The van der Waals surface area contributed by atoms with Crippen LogP contribution in [0.3, 0.4) is 0 Å². The lowest BCUT2D eigenvalue weighted by Crippen LogP contribution is -2.33. The van der Waals surface area contributed by atoms with Crippen LogP contribution in [0, 0.1) is 22.2 Å². The van der Waals surface area contributed by atoms with Crippen LogP contribution in [0.1, 0.15) is 112 Å². The molecule has 172 valence electrons. The molecule has 0 N–H and O–H groups in total. The molecule has 2 atom stereocenters. The van der Waals surface area contributed by atoms with Gasteiger partial charge in [-0.3, -0.25) is 0 Å². The van der Waals surface area contributed by atoms with Gasteiger partial charge in [0.1, 0.15) is 5.75 Å². The molecular formula is C28H48O2. The second-order valence-electron chi connectivity index (χ2n) is 12.6. The van der Waals surface area contributed by atoms with Gasteiger partial charge in [0.05, 0.1) is 0 Å². The molecule has 0 radical (unpaired) electrons. The number of hydrogen-bond donors (Lipinski definition) is 0. The molecule has 1 saturated carbocycles. The molecule has 0 aliphatic heterocycles. The summed E-state index contributed by atoms with van der Waals surface area (Å²) in [6, 6.07) is 8.79. The van der Waals surface area contributed by atoms with E-state index in [4.69, 9.17) is 9.47 Å². The molecule has 0 bridgehead atoms. The van der Waals surface area contributed by atoms with Crippen molar-refractivity contribution in [1.82, 2.24) is 0 Å². The summed E-state index contributed by atoms with van der Waals surface area (Å²) in [6.07, 6.45) is 8.75. The van der Waals surface area contributed by atoms with E-state index in [1.54, 1.807) is 7.11 Å². The summed E-state index contributed by atoms with van der Waals surface area (Å²) >= 11 is 0. The van der Waals surface area contributed by atoms with Crippen LogP contribution < -0.4 is 4.74 Å². The van der Waals surface area contributed by atoms with Crippen LogP contribution in [0.15, 0.2) is 24.3 Å². The van der Waals surface area contributed by atoms with Crippen LogP contribution in [-0.4, -0.2) is 13.4 Å². The minimum absolute atomic E-state index is 0.194. The average Bonchev–Trinajstić information content (AvgIpc) is 2.65. The molecule has 2 nitrogen and oxygen atoms in total. The van der Waals surface area contributed by atoms with Gasteiger partial charge in [0, 0.05) is 13.5 Å². The molecule has 1 aliphatic rings. The number of rotatable bonds is 8. The molecule has 0 amide bonds. The van der Waals surface area contributed by atoms with Crippen molar-refractivity contribution in [1.29, 1.82) is 0 Å². The van der Waals surface area contributed by atoms with E-state index in [1.807, 2.05) is 0 Å². The maximum atomic E-state index is 6.29. The largest absolute Gasteiger partial charge is 0.465 e. The Bertz CT molecular complexity index is 624. The Morgan fingerprint density at radius 1 is 0.833 bits per heavy atom. The number of hydrogen-bond acceptors (Lipinski definition) is 2. The molecule has 2 unspecified atom stereocenters. The lowest BCUT2D eigenvalue weighted by Gasteiger charge is -2.39. The quantitative estimate of drug-likeness (QED) is 0.395. The standard InChI is InChI=1S/C28H48O2/c1-26(2,3)19-24(27(4,5)6)21-15-17-23(18-16-21)30-25(29-9)20-28(7,8)22-13-11-10-12-14-22/h15-18,22,24-25H,10-14,19-20H2,1-9H3. The zero-order chi connectivity index (χ0) is 22.6. The van der Waals surface area contributed by atoms with Crippen molar-refractivity contribution >= 4 is 0 Å². The van der Waals surface area contributed by atoms with Crippen LogP contribution in [0.2, 0.25) is 0 Å². The molecule has 2 rings (SSSR count). The van der Waals surface area contributed by atoms with Gasteiger partial charge in [0.15, 0.2) is 6.29 Å². The van der Waals surface area contributed by atoms with Crippen molar-refractivity contribution in [2.45, 2.75) is 113 Å². The van der Waals surface area contributed by atoms with Crippen LogP contribution in [0.5, 0.6) is 5.75 Å². The predicted molar refractivity (Wildman–Crippen MR) is 129 cm³/mol. The molecule has 0 heterocycles. The number of methoxy groups -OCH3 is 1. The van der Waals surface area contributed by atoms with Gasteiger partial charge in [-0.15, -0.1) is 0 Å². The lowest BCUT2D eigenvalue weighted by atomic mass is 9.69. The fourth-order valence-electron chi connectivity index (χ4n) is 5.12. The van der Waals surface area contributed by atoms with Crippen LogP contribution in [0.25, 0.3) is 0 Å². The predicted octanol–water partition coefficient (Wildman–Crippen LogP) is 8.60. The molecule has 2 heteroatoms. The second-order valence-corrected chi connectivity index (χ2v) is 12.6. The molecule has 1 fully saturated rings. The van der Waals surface area contributed by atoms with Gasteiger partial charge in [-0.2, -0.15) is 0 Å². The smallest absolute Gasteiger partial charge is 0.200 e. The van der Waals surface area contributed by atoms with E-state index < -0.39 is 0 Å². The van der Waals surface area contributed by atoms with Gasteiger partial charge >= 0.3 is 0 Å². The van der Waals surface area contributed by atoms with Crippen molar-refractivity contribution in [3.05, 3.63) is 29.8 Å². The number of ether oxygens (including phenoxy) is 2. The second kappa shape index (κ2) is 10.1. The highest BCUT2D eigenvalue weighted by molar-refractivity contribution is 5.30. The van der Waals surface area contributed by atoms with E-state index in [0.717, 1.165) is 18.1 Å². The SMILES string of the molecule is COC(CC(C)(C)C1CCCCC1)Oc1ccc(C(CC(C)(C)C)C(C)(C)C)cc1. The molecule has 1 aromatic carbocycles. The first-order valence-corrected chi connectivity index (χ1v) is 12.1. The maximum Gasteiger partial charge on any atom is 0.200 e. The normalized spacial score (nSPS) is 18.8. The topological polar surface area (TPSA) is 18.5 Å². The Kier molecular flexibility index (Phi) is 8.47.